The van der Waals surface area contributed by atoms with Crippen LogP contribution in [0.25, 0.3) is 6.08 Å². The van der Waals surface area contributed by atoms with Crippen molar-refractivity contribution >= 4 is 12.0 Å². The highest BCUT2D eigenvalue weighted by Gasteiger charge is 2.27. The smallest absolute Gasteiger partial charge is 0.244 e. The van der Waals surface area contributed by atoms with Crippen molar-refractivity contribution in [2.75, 3.05) is 0 Å². The van der Waals surface area contributed by atoms with Crippen molar-refractivity contribution in [2.24, 2.45) is 0 Å². The van der Waals surface area contributed by atoms with Crippen molar-refractivity contribution in [3.05, 3.63) is 41.5 Å². The van der Waals surface area contributed by atoms with Crippen LogP contribution in [0.2, 0.25) is 0 Å². The van der Waals surface area contributed by atoms with Gasteiger partial charge in [0.15, 0.2) is 0 Å². The van der Waals surface area contributed by atoms with E-state index in [0.29, 0.717) is 18.4 Å². The maximum atomic E-state index is 11.5. The molecule has 1 aromatic rings. The summed E-state index contributed by atoms with van der Waals surface area (Å²) >= 11 is 0. The lowest BCUT2D eigenvalue weighted by Gasteiger charge is -2.31. The zero-order chi connectivity index (χ0) is 13.0. The van der Waals surface area contributed by atoms with Gasteiger partial charge in [-0.3, -0.25) is 4.79 Å². The molecule has 0 bridgehead atoms. The number of amides is 1. The second-order valence-corrected chi connectivity index (χ2v) is 4.40. The van der Waals surface area contributed by atoms with Gasteiger partial charge >= 0.3 is 0 Å². The van der Waals surface area contributed by atoms with E-state index in [2.05, 4.69) is 5.32 Å². The molecule has 2 rings (SSSR count). The van der Waals surface area contributed by atoms with Crippen LogP contribution in [-0.2, 0) is 4.79 Å². The summed E-state index contributed by atoms with van der Waals surface area (Å²) in [6, 6.07) is 9.18. The van der Waals surface area contributed by atoms with E-state index in [-0.39, 0.29) is 18.1 Å². The normalized spacial score (nSPS) is 22.2. The Morgan fingerprint density at radius 1 is 1.50 bits per heavy atom. The molecule has 0 aliphatic heterocycles. The van der Waals surface area contributed by atoms with Crippen LogP contribution < -0.4 is 5.32 Å². The standard InChI is InChI=1S/C14H14N2O2/c15-9-11-3-1-2-10(6-11)4-5-14(18)16-12-7-13(17)8-12/h1-6,12-13,17H,7-8H2,(H,16,18). The highest BCUT2D eigenvalue weighted by molar-refractivity contribution is 5.92. The molecular formula is C14H14N2O2. The number of hydrogen-bond acceptors (Lipinski definition) is 3. The SMILES string of the molecule is N#Cc1cccc(C=CC(=O)NC2CC(O)C2)c1. The molecule has 92 valence electrons. The minimum absolute atomic E-state index is 0.0857. The third-order valence-corrected chi connectivity index (χ3v) is 2.90. The van der Waals surface area contributed by atoms with Gasteiger partial charge < -0.3 is 10.4 Å². The van der Waals surface area contributed by atoms with E-state index in [1.165, 1.54) is 6.08 Å². The predicted molar refractivity (Wildman–Crippen MR) is 67.4 cm³/mol. The molecule has 0 spiro atoms. The molecule has 0 radical (unpaired) electrons. The maximum absolute atomic E-state index is 11.5. The third kappa shape index (κ3) is 3.19. The van der Waals surface area contributed by atoms with Gasteiger partial charge in [0.05, 0.1) is 17.7 Å². The first-order valence-electron chi connectivity index (χ1n) is 5.84. The van der Waals surface area contributed by atoms with Crippen molar-refractivity contribution in [3.8, 4) is 6.07 Å². The van der Waals surface area contributed by atoms with E-state index >= 15 is 0 Å². The van der Waals surface area contributed by atoms with E-state index in [1.54, 1.807) is 24.3 Å². The molecule has 0 atom stereocenters. The lowest BCUT2D eigenvalue weighted by Crippen LogP contribution is -2.46. The fraction of sp³-hybridized carbons (Fsp3) is 0.286. The lowest BCUT2D eigenvalue weighted by molar-refractivity contribution is -0.118. The van der Waals surface area contributed by atoms with Crippen LogP contribution in [0.3, 0.4) is 0 Å². The summed E-state index contributed by atoms with van der Waals surface area (Å²) in [7, 11) is 0. The average Bonchev–Trinajstić information content (AvgIpc) is 2.35. The van der Waals surface area contributed by atoms with E-state index in [1.807, 2.05) is 12.1 Å². The highest BCUT2D eigenvalue weighted by Crippen LogP contribution is 2.19. The molecule has 4 heteroatoms. The number of carbonyl (C=O) groups excluding carboxylic acids is 1. The van der Waals surface area contributed by atoms with Gasteiger partial charge in [0.2, 0.25) is 5.91 Å². The molecule has 1 amide bonds. The molecule has 18 heavy (non-hydrogen) atoms. The van der Waals surface area contributed by atoms with Crippen molar-refractivity contribution in [1.29, 1.82) is 5.26 Å². The average molecular weight is 242 g/mol. The first-order valence-corrected chi connectivity index (χ1v) is 5.84. The van der Waals surface area contributed by atoms with E-state index < -0.39 is 0 Å². The minimum atomic E-state index is -0.272. The summed E-state index contributed by atoms with van der Waals surface area (Å²) in [5.41, 5.74) is 1.39. The number of nitrogens with zero attached hydrogens (tertiary/aromatic N) is 1. The Morgan fingerprint density at radius 2 is 2.28 bits per heavy atom. The van der Waals surface area contributed by atoms with E-state index in [4.69, 9.17) is 10.4 Å². The number of nitriles is 1. The molecular weight excluding hydrogens is 228 g/mol. The molecule has 1 saturated carbocycles. The van der Waals surface area contributed by atoms with Gasteiger partial charge in [-0.1, -0.05) is 12.1 Å². The first-order chi connectivity index (χ1) is 8.67. The largest absolute Gasteiger partial charge is 0.393 e. The van der Waals surface area contributed by atoms with Crippen molar-refractivity contribution < 1.29 is 9.90 Å². The van der Waals surface area contributed by atoms with Crippen LogP contribution in [-0.4, -0.2) is 23.2 Å². The summed E-state index contributed by atoms with van der Waals surface area (Å²) < 4.78 is 0. The Morgan fingerprint density at radius 3 is 2.94 bits per heavy atom. The number of rotatable bonds is 3. The number of carbonyl (C=O) groups is 1. The van der Waals surface area contributed by atoms with Gasteiger partial charge in [-0.05, 0) is 36.6 Å². The quantitative estimate of drug-likeness (QED) is 0.782. The Hall–Kier alpha value is -2.12. The second-order valence-electron chi connectivity index (χ2n) is 4.40. The Kier molecular flexibility index (Phi) is 3.75. The van der Waals surface area contributed by atoms with Crippen LogP contribution in [0.5, 0.6) is 0 Å². The fourth-order valence-corrected chi connectivity index (χ4v) is 1.84. The molecule has 0 unspecified atom stereocenters. The van der Waals surface area contributed by atoms with Gasteiger partial charge in [-0.25, -0.2) is 0 Å². The lowest BCUT2D eigenvalue weighted by atomic mass is 9.89. The maximum Gasteiger partial charge on any atom is 0.244 e. The van der Waals surface area contributed by atoms with Gasteiger partial charge in [0.25, 0.3) is 0 Å². The fourth-order valence-electron chi connectivity index (χ4n) is 1.84. The first kappa shape index (κ1) is 12.3. The molecule has 0 heterocycles. The van der Waals surface area contributed by atoms with Crippen LogP contribution >= 0.6 is 0 Å². The predicted octanol–water partition coefficient (Wildman–Crippen LogP) is 1.21. The summed E-state index contributed by atoms with van der Waals surface area (Å²) in [6.07, 6.45) is 4.10. The zero-order valence-corrected chi connectivity index (χ0v) is 9.84. The monoisotopic (exact) mass is 242 g/mol. The summed E-state index contributed by atoms with van der Waals surface area (Å²) in [5.74, 6) is -0.172. The van der Waals surface area contributed by atoms with Gasteiger partial charge in [0.1, 0.15) is 0 Å². The van der Waals surface area contributed by atoms with Gasteiger partial charge in [-0.2, -0.15) is 5.26 Å². The summed E-state index contributed by atoms with van der Waals surface area (Å²) in [6.45, 7) is 0. The molecule has 1 aliphatic carbocycles. The third-order valence-electron chi connectivity index (χ3n) is 2.90. The van der Waals surface area contributed by atoms with Gasteiger partial charge in [-0.15, -0.1) is 0 Å². The number of nitrogens with one attached hydrogen (secondary N) is 1. The minimum Gasteiger partial charge on any atom is -0.393 e. The van der Waals surface area contributed by atoms with Crippen molar-refractivity contribution in [1.82, 2.24) is 5.32 Å². The topological polar surface area (TPSA) is 73.1 Å². The number of aliphatic hydroxyl groups is 1. The van der Waals surface area contributed by atoms with Crippen molar-refractivity contribution in [3.63, 3.8) is 0 Å². The Bertz CT molecular complexity index is 511. The molecule has 2 N–H and O–H groups in total. The van der Waals surface area contributed by atoms with Crippen molar-refractivity contribution in [2.45, 2.75) is 25.0 Å². The number of benzene rings is 1. The second kappa shape index (κ2) is 5.48. The summed E-state index contributed by atoms with van der Waals surface area (Å²) in [4.78, 5) is 11.5. The van der Waals surface area contributed by atoms with Crippen LogP contribution in [0.4, 0.5) is 0 Å². The molecule has 1 aliphatic rings. The highest BCUT2D eigenvalue weighted by atomic mass is 16.3. The van der Waals surface area contributed by atoms with E-state index in [9.17, 15) is 4.79 Å². The molecule has 1 fully saturated rings. The molecule has 0 aromatic heterocycles. The summed E-state index contributed by atoms with van der Waals surface area (Å²) in [5, 5.41) is 20.6. The van der Waals surface area contributed by atoms with Crippen LogP contribution in [0.15, 0.2) is 30.3 Å². The number of hydrogen-bond donors (Lipinski definition) is 2. The Balaban J connectivity index is 1.89. The zero-order valence-electron chi connectivity index (χ0n) is 9.84. The van der Waals surface area contributed by atoms with Crippen LogP contribution in [0.1, 0.15) is 24.0 Å². The van der Waals surface area contributed by atoms with E-state index in [0.717, 1.165) is 5.56 Å². The molecule has 0 saturated heterocycles. The Labute approximate surface area is 106 Å². The van der Waals surface area contributed by atoms with Crippen LogP contribution in [0, 0.1) is 11.3 Å². The van der Waals surface area contributed by atoms with Gasteiger partial charge in [0, 0.05) is 12.1 Å². The number of aliphatic hydroxyl groups excluding tert-OH is 1. The molecule has 4 nitrogen and oxygen atoms in total. The molecule has 1 aromatic carbocycles.